The second-order valence-corrected chi connectivity index (χ2v) is 5.40. The Bertz CT molecular complexity index is 623. The Kier molecular flexibility index (Phi) is 4.86. The van der Waals surface area contributed by atoms with Crippen LogP contribution in [0.15, 0.2) is 48.5 Å². The monoisotopic (exact) mass is 303 g/mol. The van der Waals surface area contributed by atoms with Crippen molar-refractivity contribution in [2.45, 2.75) is 5.38 Å². The van der Waals surface area contributed by atoms with E-state index >= 15 is 0 Å². The predicted molar refractivity (Wildman–Crippen MR) is 85.1 cm³/mol. The molecule has 3 nitrogen and oxygen atoms in total. The topological polar surface area (TPSA) is 29.5 Å². The molecule has 2 aromatic carbocycles. The molecule has 0 bridgehead atoms. The summed E-state index contributed by atoms with van der Waals surface area (Å²) >= 11 is 6.50. The molecular weight excluding hydrogens is 286 g/mol. The summed E-state index contributed by atoms with van der Waals surface area (Å²) < 4.78 is 5.21. The molecule has 0 aliphatic rings. The largest absolute Gasteiger partial charge is 0.497 e. The average molecular weight is 304 g/mol. The Morgan fingerprint density at radius 3 is 2.33 bits per heavy atom. The molecule has 0 fully saturated rings. The molecule has 0 heterocycles. The van der Waals surface area contributed by atoms with Crippen LogP contribution in [-0.4, -0.2) is 32.0 Å². The van der Waals surface area contributed by atoms with Crippen LogP contribution in [0.4, 0.5) is 0 Å². The summed E-state index contributed by atoms with van der Waals surface area (Å²) in [5.41, 5.74) is 2.56. The van der Waals surface area contributed by atoms with Crippen molar-refractivity contribution < 1.29 is 9.53 Å². The summed E-state index contributed by atoms with van der Waals surface area (Å²) in [7, 11) is 5.09. The third-order valence-corrected chi connectivity index (χ3v) is 3.75. The predicted octanol–water partition coefficient (Wildman–Crippen LogP) is 3.73. The van der Waals surface area contributed by atoms with E-state index in [9.17, 15) is 4.79 Å². The number of halogens is 1. The Morgan fingerprint density at radius 2 is 1.76 bits per heavy atom. The van der Waals surface area contributed by atoms with E-state index in [4.69, 9.17) is 16.3 Å². The third-order valence-electron chi connectivity index (χ3n) is 3.24. The molecule has 1 amide bonds. The molecule has 2 aromatic rings. The minimum absolute atomic E-state index is 0.0194. The lowest BCUT2D eigenvalue weighted by Crippen LogP contribution is -2.21. The van der Waals surface area contributed by atoms with Crippen LogP contribution >= 0.6 is 11.6 Å². The van der Waals surface area contributed by atoms with Crippen LogP contribution in [0.5, 0.6) is 5.75 Å². The van der Waals surface area contributed by atoms with Gasteiger partial charge in [0.2, 0.25) is 0 Å². The number of hydrogen-bond acceptors (Lipinski definition) is 2. The molecule has 0 aromatic heterocycles. The zero-order valence-corrected chi connectivity index (χ0v) is 13.1. The number of alkyl halides is 1. The van der Waals surface area contributed by atoms with Crippen LogP contribution in [0.2, 0.25) is 0 Å². The maximum Gasteiger partial charge on any atom is 0.253 e. The van der Waals surface area contributed by atoms with Gasteiger partial charge in [0.05, 0.1) is 12.5 Å². The smallest absolute Gasteiger partial charge is 0.253 e. The van der Waals surface area contributed by atoms with Gasteiger partial charge in [-0.2, -0.15) is 0 Å². The lowest BCUT2D eigenvalue weighted by atomic mass is 10.0. The maximum atomic E-state index is 11.9. The zero-order valence-electron chi connectivity index (χ0n) is 12.3. The molecule has 0 radical (unpaired) electrons. The SMILES string of the molecule is COc1cccc([C@@H](Cl)c2ccc(C(=O)N(C)C)cc2)c1. The average Bonchev–Trinajstić information content (AvgIpc) is 2.53. The van der Waals surface area contributed by atoms with Crippen LogP contribution < -0.4 is 4.74 Å². The van der Waals surface area contributed by atoms with Gasteiger partial charge in [0, 0.05) is 19.7 Å². The minimum atomic E-state index is -0.274. The molecule has 0 saturated heterocycles. The normalized spacial score (nSPS) is 11.8. The van der Waals surface area contributed by atoms with Gasteiger partial charge in [0.15, 0.2) is 0 Å². The number of ether oxygens (including phenoxy) is 1. The van der Waals surface area contributed by atoms with Crippen molar-refractivity contribution in [3.63, 3.8) is 0 Å². The molecule has 110 valence electrons. The summed E-state index contributed by atoms with van der Waals surface area (Å²) in [4.78, 5) is 13.4. The molecule has 0 spiro atoms. The second kappa shape index (κ2) is 6.64. The van der Waals surface area contributed by atoms with Crippen LogP contribution in [0.3, 0.4) is 0 Å². The fraction of sp³-hybridized carbons (Fsp3) is 0.235. The standard InChI is InChI=1S/C17H18ClNO2/c1-19(2)17(20)13-9-7-12(8-10-13)16(18)14-5-4-6-15(11-14)21-3/h4-11,16H,1-3H3/t16-/m0/s1. The van der Waals surface area contributed by atoms with Crippen molar-refractivity contribution in [2.75, 3.05) is 21.2 Å². The van der Waals surface area contributed by atoms with Crippen LogP contribution in [-0.2, 0) is 0 Å². The molecule has 0 N–H and O–H groups in total. The van der Waals surface area contributed by atoms with Gasteiger partial charge in [-0.15, -0.1) is 11.6 Å². The highest BCUT2D eigenvalue weighted by Crippen LogP contribution is 2.30. The number of carbonyl (C=O) groups is 1. The van der Waals surface area contributed by atoms with E-state index in [1.165, 1.54) is 0 Å². The summed E-state index contributed by atoms with van der Waals surface area (Å²) in [6.45, 7) is 0. The summed E-state index contributed by atoms with van der Waals surface area (Å²) in [6.07, 6.45) is 0. The second-order valence-electron chi connectivity index (χ2n) is 4.96. The molecule has 1 atom stereocenters. The molecule has 4 heteroatoms. The number of carbonyl (C=O) groups excluding carboxylic acids is 1. The third kappa shape index (κ3) is 3.56. The highest BCUT2D eigenvalue weighted by atomic mass is 35.5. The zero-order chi connectivity index (χ0) is 15.4. The molecule has 21 heavy (non-hydrogen) atoms. The lowest BCUT2D eigenvalue weighted by Gasteiger charge is -2.13. The molecule has 0 unspecified atom stereocenters. The van der Waals surface area contributed by atoms with Crippen molar-refractivity contribution in [1.82, 2.24) is 4.90 Å². The van der Waals surface area contributed by atoms with E-state index in [0.717, 1.165) is 16.9 Å². The van der Waals surface area contributed by atoms with Crippen LogP contribution in [0.25, 0.3) is 0 Å². The van der Waals surface area contributed by atoms with E-state index in [1.807, 2.05) is 36.4 Å². The lowest BCUT2D eigenvalue weighted by molar-refractivity contribution is 0.0827. The van der Waals surface area contributed by atoms with Crippen molar-refractivity contribution in [1.29, 1.82) is 0 Å². The first kappa shape index (κ1) is 15.4. The minimum Gasteiger partial charge on any atom is -0.497 e. The molecule has 0 aliphatic heterocycles. The fourth-order valence-corrected chi connectivity index (χ4v) is 2.33. The van der Waals surface area contributed by atoms with E-state index in [0.29, 0.717) is 5.56 Å². The highest BCUT2D eigenvalue weighted by molar-refractivity contribution is 6.22. The highest BCUT2D eigenvalue weighted by Gasteiger charge is 2.13. The van der Waals surface area contributed by atoms with Crippen LogP contribution in [0, 0.1) is 0 Å². The van der Waals surface area contributed by atoms with Gasteiger partial charge < -0.3 is 9.64 Å². The molecular formula is C17H18ClNO2. The first-order chi connectivity index (χ1) is 10.0. The van der Waals surface area contributed by atoms with Gasteiger partial charge in [0.25, 0.3) is 5.91 Å². The van der Waals surface area contributed by atoms with E-state index in [2.05, 4.69) is 0 Å². The number of methoxy groups -OCH3 is 1. The van der Waals surface area contributed by atoms with Gasteiger partial charge >= 0.3 is 0 Å². The van der Waals surface area contributed by atoms with E-state index in [1.54, 1.807) is 38.2 Å². The fourth-order valence-electron chi connectivity index (χ4n) is 2.04. The Hall–Kier alpha value is -2.00. The van der Waals surface area contributed by atoms with Gasteiger partial charge in [-0.3, -0.25) is 4.79 Å². The number of amides is 1. The van der Waals surface area contributed by atoms with Gasteiger partial charge in [-0.25, -0.2) is 0 Å². The first-order valence-electron chi connectivity index (χ1n) is 6.62. The van der Waals surface area contributed by atoms with Crippen LogP contribution in [0.1, 0.15) is 26.9 Å². The molecule has 0 aliphatic carbocycles. The van der Waals surface area contributed by atoms with Crippen molar-refractivity contribution in [3.8, 4) is 5.75 Å². The van der Waals surface area contributed by atoms with Crippen molar-refractivity contribution in [3.05, 3.63) is 65.2 Å². The molecule has 2 rings (SSSR count). The number of benzene rings is 2. The Labute approximate surface area is 130 Å². The first-order valence-corrected chi connectivity index (χ1v) is 7.06. The quantitative estimate of drug-likeness (QED) is 0.806. The number of hydrogen-bond donors (Lipinski definition) is 0. The maximum absolute atomic E-state index is 11.9. The van der Waals surface area contributed by atoms with Gasteiger partial charge in [-0.05, 0) is 35.4 Å². The Balaban J connectivity index is 2.23. The Morgan fingerprint density at radius 1 is 1.10 bits per heavy atom. The van der Waals surface area contributed by atoms with Crippen molar-refractivity contribution in [2.24, 2.45) is 0 Å². The summed E-state index contributed by atoms with van der Waals surface area (Å²) in [5, 5.41) is -0.274. The van der Waals surface area contributed by atoms with Crippen molar-refractivity contribution >= 4 is 17.5 Å². The number of nitrogens with zero attached hydrogens (tertiary/aromatic N) is 1. The number of rotatable bonds is 4. The van der Waals surface area contributed by atoms with Gasteiger partial charge in [-0.1, -0.05) is 24.3 Å². The molecule has 0 saturated carbocycles. The summed E-state index contributed by atoms with van der Waals surface area (Å²) in [6, 6.07) is 15.0. The van der Waals surface area contributed by atoms with E-state index < -0.39 is 0 Å². The van der Waals surface area contributed by atoms with E-state index in [-0.39, 0.29) is 11.3 Å². The summed E-state index contributed by atoms with van der Waals surface area (Å²) in [5.74, 6) is 0.756. The van der Waals surface area contributed by atoms with Gasteiger partial charge in [0.1, 0.15) is 5.75 Å².